The summed E-state index contributed by atoms with van der Waals surface area (Å²) in [5.74, 6) is 0.969. The average Bonchev–Trinajstić information content (AvgIpc) is 2.36. The van der Waals surface area contributed by atoms with E-state index in [1.807, 2.05) is 27.7 Å². The highest BCUT2D eigenvalue weighted by Crippen LogP contribution is 2.39. The van der Waals surface area contributed by atoms with Crippen molar-refractivity contribution in [3.05, 3.63) is 0 Å². The summed E-state index contributed by atoms with van der Waals surface area (Å²) < 4.78 is 22.8. The Labute approximate surface area is 128 Å². The molecule has 1 unspecified atom stereocenters. The van der Waals surface area contributed by atoms with Crippen LogP contribution in [-0.2, 0) is 29.6 Å². The van der Waals surface area contributed by atoms with E-state index in [0.717, 1.165) is 18.2 Å². The van der Waals surface area contributed by atoms with E-state index in [2.05, 4.69) is 0 Å². The van der Waals surface area contributed by atoms with Crippen LogP contribution in [0.1, 0.15) is 34.1 Å². The number of rotatable bonds is 13. The minimum Gasteiger partial charge on any atom is -0.374 e. The van der Waals surface area contributed by atoms with Crippen molar-refractivity contribution in [1.82, 2.24) is 0 Å². The minimum atomic E-state index is -2.47. The first-order valence-electron chi connectivity index (χ1n) is 6.79. The van der Waals surface area contributed by atoms with Crippen LogP contribution < -0.4 is 0 Å². The highest BCUT2D eigenvalue weighted by Gasteiger charge is 2.39. The first-order valence-corrected chi connectivity index (χ1v) is 12.6. The Morgan fingerprint density at radius 2 is 1.47 bits per heavy atom. The van der Waals surface area contributed by atoms with Crippen LogP contribution in [-0.4, -0.2) is 41.0 Å². The molecule has 0 amide bonds. The smallest absolute Gasteiger partial charge is 0.374 e. The summed E-state index contributed by atoms with van der Waals surface area (Å²) in [4.78, 5) is 0. The Hall–Kier alpha value is 0.927. The molecular formula is C11H26O4PS2Si+. The molecule has 8 heteroatoms. The van der Waals surface area contributed by atoms with E-state index in [-0.39, 0.29) is 0 Å². The topological polar surface area (TPSA) is 36.9 Å². The molecule has 0 saturated heterocycles. The molecule has 0 spiro atoms. The molecule has 0 rings (SSSR count). The van der Waals surface area contributed by atoms with Crippen molar-refractivity contribution in [3.63, 3.8) is 0 Å². The van der Waals surface area contributed by atoms with Crippen molar-refractivity contribution >= 4 is 38.1 Å². The van der Waals surface area contributed by atoms with E-state index in [1.54, 1.807) is 11.4 Å². The first kappa shape index (κ1) is 19.9. The molecule has 0 N–H and O–H groups in total. The van der Waals surface area contributed by atoms with Gasteiger partial charge in [0, 0.05) is 31.6 Å². The molecule has 0 fully saturated rings. The lowest BCUT2D eigenvalue weighted by molar-refractivity contribution is 0.0712. The minimum absolute atomic E-state index is 0.631. The van der Waals surface area contributed by atoms with E-state index in [0.29, 0.717) is 26.4 Å². The van der Waals surface area contributed by atoms with Crippen molar-refractivity contribution in [2.24, 2.45) is 0 Å². The van der Waals surface area contributed by atoms with Crippen LogP contribution in [0.5, 0.6) is 0 Å². The van der Waals surface area contributed by atoms with Crippen molar-refractivity contribution in [3.8, 4) is 0 Å². The van der Waals surface area contributed by atoms with Gasteiger partial charge in [-0.2, -0.15) is 4.52 Å². The third kappa shape index (κ3) is 9.47. The van der Waals surface area contributed by atoms with Gasteiger partial charge in [-0.1, -0.05) is 0 Å². The Kier molecular flexibility index (Phi) is 13.3. The van der Waals surface area contributed by atoms with Crippen LogP contribution >= 0.6 is 17.5 Å². The largest absolute Gasteiger partial charge is 0.500 e. The molecule has 0 aromatic carbocycles. The summed E-state index contributed by atoms with van der Waals surface area (Å²) in [6.07, 6.45) is 0.227. The van der Waals surface area contributed by atoms with Gasteiger partial charge in [0.05, 0.1) is 6.61 Å². The van der Waals surface area contributed by atoms with Crippen LogP contribution in [0.25, 0.3) is 0 Å². The molecule has 0 radical (unpaired) electrons. The molecule has 19 heavy (non-hydrogen) atoms. The van der Waals surface area contributed by atoms with E-state index in [4.69, 9.17) is 29.6 Å². The standard InChI is InChI=1S/C11H26O4PS2Si/c1-5-12-16(17)18-10-9-11-19(13-6-2,14-7-3)15-8-4/h5-11H2,1-4H3/q+1. The first-order chi connectivity index (χ1) is 9.14. The lowest BCUT2D eigenvalue weighted by Gasteiger charge is -2.28. The zero-order chi connectivity index (χ0) is 14.6. The average molecular weight is 346 g/mol. The predicted molar refractivity (Wildman–Crippen MR) is 88.4 cm³/mol. The molecule has 0 aromatic rings. The third-order valence-electron chi connectivity index (χ3n) is 2.15. The van der Waals surface area contributed by atoms with Crippen molar-refractivity contribution in [2.75, 3.05) is 32.2 Å². The predicted octanol–water partition coefficient (Wildman–Crippen LogP) is 3.97. The van der Waals surface area contributed by atoms with Gasteiger partial charge in [-0.25, -0.2) is 0 Å². The fraction of sp³-hybridized carbons (Fsp3) is 1.00. The quantitative estimate of drug-likeness (QED) is 0.286. The van der Waals surface area contributed by atoms with Gasteiger partial charge in [-0.05, 0) is 34.1 Å². The zero-order valence-corrected chi connectivity index (χ0v) is 15.9. The van der Waals surface area contributed by atoms with Crippen molar-refractivity contribution in [2.45, 2.75) is 40.2 Å². The Balaban J connectivity index is 4.13. The molecule has 0 bridgehead atoms. The summed E-state index contributed by atoms with van der Waals surface area (Å²) in [5, 5.41) is 0. The maximum Gasteiger partial charge on any atom is 0.500 e. The van der Waals surface area contributed by atoms with E-state index >= 15 is 0 Å². The van der Waals surface area contributed by atoms with Gasteiger partial charge in [0.15, 0.2) is 0 Å². The second-order valence-electron chi connectivity index (χ2n) is 3.56. The highest BCUT2D eigenvalue weighted by molar-refractivity contribution is 8.62. The maximum atomic E-state index is 5.80. The Morgan fingerprint density at radius 3 is 1.89 bits per heavy atom. The van der Waals surface area contributed by atoms with Crippen LogP contribution in [0.3, 0.4) is 0 Å². The molecule has 4 nitrogen and oxygen atoms in total. The summed E-state index contributed by atoms with van der Waals surface area (Å²) >= 11 is 6.93. The van der Waals surface area contributed by atoms with E-state index in [1.165, 1.54) is 0 Å². The Morgan fingerprint density at radius 1 is 0.947 bits per heavy atom. The molecule has 0 aromatic heterocycles. The molecule has 0 aliphatic carbocycles. The summed E-state index contributed by atoms with van der Waals surface area (Å²) in [5.41, 5.74) is 0. The van der Waals surface area contributed by atoms with Crippen LogP contribution in [0, 0.1) is 0 Å². The molecule has 0 saturated carbocycles. The van der Waals surface area contributed by atoms with Crippen molar-refractivity contribution in [1.29, 1.82) is 0 Å². The lowest BCUT2D eigenvalue weighted by atomic mass is 10.6. The van der Waals surface area contributed by atoms with Gasteiger partial charge < -0.3 is 13.3 Å². The Bertz CT molecular complexity index is 230. The van der Waals surface area contributed by atoms with Gasteiger partial charge in [-0.3, -0.25) is 0 Å². The van der Waals surface area contributed by atoms with E-state index in [9.17, 15) is 0 Å². The fourth-order valence-electron chi connectivity index (χ4n) is 1.57. The maximum absolute atomic E-state index is 5.80. The van der Waals surface area contributed by atoms with Crippen LogP contribution in [0.15, 0.2) is 0 Å². The van der Waals surface area contributed by atoms with Gasteiger partial charge in [0.2, 0.25) is 11.8 Å². The SMILES string of the molecule is CCO[P+](=S)SCCC[Si](OCC)(OCC)OCC. The van der Waals surface area contributed by atoms with Gasteiger partial charge in [-0.15, -0.1) is 0 Å². The summed E-state index contributed by atoms with van der Waals surface area (Å²) in [6, 6.07) is 0.847. The number of hydrogen-bond donors (Lipinski definition) is 0. The molecular weight excluding hydrogens is 319 g/mol. The molecule has 0 aliphatic rings. The summed E-state index contributed by atoms with van der Waals surface area (Å²) in [7, 11) is -2.47. The highest BCUT2D eigenvalue weighted by atomic mass is 32.9. The van der Waals surface area contributed by atoms with Crippen molar-refractivity contribution < 1.29 is 17.8 Å². The lowest BCUT2D eigenvalue weighted by Crippen LogP contribution is -2.46. The van der Waals surface area contributed by atoms with Gasteiger partial charge >= 0.3 is 14.9 Å². The normalized spacial score (nSPS) is 12.7. The zero-order valence-electron chi connectivity index (χ0n) is 12.3. The van der Waals surface area contributed by atoms with Gasteiger partial charge in [0.25, 0.3) is 0 Å². The van der Waals surface area contributed by atoms with Crippen LogP contribution in [0.4, 0.5) is 0 Å². The van der Waals surface area contributed by atoms with E-state index < -0.39 is 14.9 Å². The van der Waals surface area contributed by atoms with Crippen LogP contribution in [0.2, 0.25) is 6.04 Å². The van der Waals surface area contributed by atoms with Gasteiger partial charge in [0.1, 0.15) is 11.4 Å². The summed E-state index contributed by atoms with van der Waals surface area (Å²) in [6.45, 7) is 10.5. The fourth-order valence-corrected chi connectivity index (χ4v) is 7.51. The second-order valence-corrected chi connectivity index (χ2v) is 11.1. The molecule has 114 valence electrons. The second kappa shape index (κ2) is 12.7. The number of hydrogen-bond acceptors (Lipinski definition) is 6. The molecule has 1 atom stereocenters. The third-order valence-corrected chi connectivity index (χ3v) is 9.22. The monoisotopic (exact) mass is 345 g/mol. The molecule has 0 heterocycles. The molecule has 0 aliphatic heterocycles.